The van der Waals surface area contributed by atoms with Gasteiger partial charge in [-0.3, -0.25) is 9.69 Å². The third-order valence-corrected chi connectivity index (χ3v) is 4.49. The van der Waals surface area contributed by atoms with Gasteiger partial charge in [0.05, 0.1) is 7.11 Å². The van der Waals surface area contributed by atoms with Crippen molar-refractivity contribution in [2.24, 2.45) is 0 Å². The van der Waals surface area contributed by atoms with E-state index in [0.29, 0.717) is 26.1 Å². The Morgan fingerprint density at radius 3 is 2.65 bits per heavy atom. The Balaban J connectivity index is 1.49. The summed E-state index contributed by atoms with van der Waals surface area (Å²) < 4.78 is 18.4. The Hall–Kier alpha value is -2.66. The number of halogens is 1. The van der Waals surface area contributed by atoms with E-state index in [1.165, 1.54) is 6.07 Å². The molecule has 0 bridgehead atoms. The Kier molecular flexibility index (Phi) is 6.02. The Morgan fingerprint density at radius 1 is 1.19 bits per heavy atom. The van der Waals surface area contributed by atoms with E-state index in [4.69, 9.17) is 4.74 Å². The van der Waals surface area contributed by atoms with Gasteiger partial charge in [0.1, 0.15) is 11.6 Å². The molecular weight excluding hydrogens is 331 g/mol. The van der Waals surface area contributed by atoms with E-state index < -0.39 is 0 Å². The molecule has 1 heterocycles. The number of amides is 1. The van der Waals surface area contributed by atoms with Crippen molar-refractivity contribution in [2.45, 2.75) is 19.5 Å². The van der Waals surface area contributed by atoms with Crippen LogP contribution in [0.25, 0.3) is 0 Å². The van der Waals surface area contributed by atoms with Crippen molar-refractivity contribution < 1.29 is 13.9 Å². The van der Waals surface area contributed by atoms with E-state index in [1.807, 2.05) is 36.4 Å². The van der Waals surface area contributed by atoms with E-state index in [9.17, 15) is 9.18 Å². The summed E-state index contributed by atoms with van der Waals surface area (Å²) in [6.07, 6.45) is 2.66. The summed E-state index contributed by atoms with van der Waals surface area (Å²) in [7, 11) is 1.63. The zero-order valence-electron chi connectivity index (χ0n) is 14.9. The number of nitrogens with one attached hydrogen (secondary N) is 1. The third kappa shape index (κ3) is 4.92. The number of rotatable bonds is 6. The van der Waals surface area contributed by atoms with Gasteiger partial charge in [0.15, 0.2) is 0 Å². The molecule has 0 aliphatic carbocycles. The molecule has 0 radical (unpaired) electrons. The number of hydrogen-bond acceptors (Lipinski definition) is 3. The topological polar surface area (TPSA) is 41.6 Å². The molecular formula is C21H23FN2O2. The van der Waals surface area contributed by atoms with Gasteiger partial charge >= 0.3 is 0 Å². The van der Waals surface area contributed by atoms with Crippen LogP contribution >= 0.6 is 0 Å². The monoisotopic (exact) mass is 354 g/mol. The first-order chi connectivity index (χ1) is 12.6. The fourth-order valence-electron chi connectivity index (χ4n) is 2.99. The summed E-state index contributed by atoms with van der Waals surface area (Å²) in [5, 5.41) is 2.96. The van der Waals surface area contributed by atoms with Gasteiger partial charge in [0, 0.05) is 31.8 Å². The van der Waals surface area contributed by atoms with Crippen molar-refractivity contribution in [1.82, 2.24) is 10.2 Å². The summed E-state index contributed by atoms with van der Waals surface area (Å²) in [4.78, 5) is 14.5. The molecule has 4 nitrogen and oxygen atoms in total. The van der Waals surface area contributed by atoms with Gasteiger partial charge in [-0.15, -0.1) is 0 Å². The molecule has 0 atom stereocenters. The Morgan fingerprint density at radius 2 is 2.00 bits per heavy atom. The smallest absolute Gasteiger partial charge is 0.247 e. The van der Waals surface area contributed by atoms with Gasteiger partial charge in [-0.25, -0.2) is 4.39 Å². The van der Waals surface area contributed by atoms with Crippen LogP contribution in [0.1, 0.15) is 17.5 Å². The molecule has 2 aromatic rings. The minimum absolute atomic E-state index is 0.0220. The zero-order valence-corrected chi connectivity index (χ0v) is 14.9. The second-order valence-corrected chi connectivity index (χ2v) is 6.38. The number of methoxy groups -OCH3 is 1. The van der Waals surface area contributed by atoms with Crippen LogP contribution in [0.2, 0.25) is 0 Å². The molecule has 1 N–H and O–H groups in total. The van der Waals surface area contributed by atoms with Crippen molar-refractivity contribution in [3.05, 3.63) is 77.1 Å². The molecule has 1 aliphatic heterocycles. The number of hydrogen-bond donors (Lipinski definition) is 1. The maximum atomic E-state index is 13.3. The van der Waals surface area contributed by atoms with Crippen molar-refractivity contribution >= 4 is 5.91 Å². The Labute approximate surface area is 153 Å². The predicted molar refractivity (Wildman–Crippen MR) is 99.2 cm³/mol. The molecule has 0 aromatic heterocycles. The molecule has 1 amide bonds. The number of ether oxygens (including phenoxy) is 1. The highest BCUT2D eigenvalue weighted by Crippen LogP contribution is 2.15. The molecule has 2 aromatic carbocycles. The van der Waals surface area contributed by atoms with E-state index in [-0.39, 0.29) is 11.7 Å². The van der Waals surface area contributed by atoms with Gasteiger partial charge in [-0.2, -0.15) is 0 Å². The van der Waals surface area contributed by atoms with Crippen LogP contribution < -0.4 is 10.1 Å². The van der Waals surface area contributed by atoms with Crippen molar-refractivity contribution in [3.8, 4) is 5.75 Å². The fraction of sp³-hybridized carbons (Fsp3) is 0.286. The van der Waals surface area contributed by atoms with Crippen LogP contribution in [-0.4, -0.2) is 31.0 Å². The lowest BCUT2D eigenvalue weighted by Crippen LogP contribution is -2.33. The SMILES string of the molecule is COc1ccc(CNC(=O)C2=CCN(Cc3cccc(F)c3)CC2)cc1. The largest absolute Gasteiger partial charge is 0.497 e. The number of carbonyl (C=O) groups excluding carboxylic acids is 1. The van der Waals surface area contributed by atoms with Gasteiger partial charge in [0.2, 0.25) is 5.91 Å². The average Bonchev–Trinajstić information content (AvgIpc) is 2.67. The van der Waals surface area contributed by atoms with Crippen molar-refractivity contribution in [2.75, 3.05) is 20.2 Å². The first-order valence-corrected chi connectivity index (χ1v) is 8.71. The average molecular weight is 354 g/mol. The lowest BCUT2D eigenvalue weighted by molar-refractivity contribution is -0.117. The second-order valence-electron chi connectivity index (χ2n) is 6.38. The minimum Gasteiger partial charge on any atom is -0.497 e. The number of carbonyl (C=O) groups is 1. The maximum absolute atomic E-state index is 13.3. The summed E-state index contributed by atoms with van der Waals surface area (Å²) in [6, 6.07) is 14.3. The minimum atomic E-state index is -0.214. The first-order valence-electron chi connectivity index (χ1n) is 8.71. The highest BCUT2D eigenvalue weighted by atomic mass is 19.1. The van der Waals surface area contributed by atoms with Crippen LogP contribution in [0.3, 0.4) is 0 Å². The normalized spacial score (nSPS) is 14.6. The highest BCUT2D eigenvalue weighted by Gasteiger charge is 2.17. The van der Waals surface area contributed by atoms with Crippen LogP contribution in [-0.2, 0) is 17.9 Å². The summed E-state index contributed by atoms with van der Waals surface area (Å²) in [5.41, 5.74) is 2.79. The number of benzene rings is 2. The first kappa shape index (κ1) is 18.1. The fourth-order valence-corrected chi connectivity index (χ4v) is 2.99. The van der Waals surface area contributed by atoms with Crippen molar-refractivity contribution in [1.29, 1.82) is 0 Å². The summed E-state index contributed by atoms with van der Waals surface area (Å²) >= 11 is 0. The van der Waals surface area contributed by atoms with E-state index in [2.05, 4.69) is 10.2 Å². The van der Waals surface area contributed by atoms with Gasteiger partial charge in [0.25, 0.3) is 0 Å². The predicted octanol–water partition coefficient (Wildman–Crippen LogP) is 3.28. The lowest BCUT2D eigenvalue weighted by Gasteiger charge is -2.26. The molecule has 0 saturated heterocycles. The van der Waals surface area contributed by atoms with Crippen LogP contribution in [0, 0.1) is 5.82 Å². The van der Waals surface area contributed by atoms with E-state index >= 15 is 0 Å². The van der Waals surface area contributed by atoms with Gasteiger partial charge < -0.3 is 10.1 Å². The number of nitrogens with zero attached hydrogens (tertiary/aromatic N) is 1. The highest BCUT2D eigenvalue weighted by molar-refractivity contribution is 5.93. The summed E-state index contributed by atoms with van der Waals surface area (Å²) in [6.45, 7) is 2.67. The molecule has 0 fully saturated rings. The second kappa shape index (κ2) is 8.63. The van der Waals surface area contributed by atoms with Crippen molar-refractivity contribution in [3.63, 3.8) is 0 Å². The molecule has 0 saturated carbocycles. The standard InChI is InChI=1S/C21H23FN2O2/c1-26-20-7-5-16(6-8-20)14-23-21(25)18-9-11-24(12-10-18)15-17-3-2-4-19(22)13-17/h2-9,13H,10-12,14-15H2,1H3,(H,23,25). The Bertz CT molecular complexity index is 787. The molecule has 0 unspecified atom stereocenters. The molecule has 5 heteroatoms. The van der Waals surface area contributed by atoms with Crippen LogP contribution in [0.5, 0.6) is 5.75 Å². The van der Waals surface area contributed by atoms with Crippen LogP contribution in [0.15, 0.2) is 60.2 Å². The third-order valence-electron chi connectivity index (χ3n) is 4.49. The lowest BCUT2D eigenvalue weighted by atomic mass is 10.1. The maximum Gasteiger partial charge on any atom is 0.247 e. The van der Waals surface area contributed by atoms with Gasteiger partial charge in [-0.05, 0) is 41.8 Å². The molecule has 1 aliphatic rings. The van der Waals surface area contributed by atoms with Gasteiger partial charge in [-0.1, -0.05) is 30.3 Å². The molecule has 3 rings (SSSR count). The van der Waals surface area contributed by atoms with E-state index in [1.54, 1.807) is 19.2 Å². The summed E-state index contributed by atoms with van der Waals surface area (Å²) in [5.74, 6) is 0.563. The quantitative estimate of drug-likeness (QED) is 0.866. The van der Waals surface area contributed by atoms with Crippen LogP contribution in [0.4, 0.5) is 4.39 Å². The molecule has 26 heavy (non-hydrogen) atoms. The zero-order chi connectivity index (χ0) is 18.4. The van der Waals surface area contributed by atoms with E-state index in [0.717, 1.165) is 29.0 Å². The molecule has 0 spiro atoms. The molecule has 136 valence electrons.